The topological polar surface area (TPSA) is 75.4 Å². The van der Waals surface area contributed by atoms with Gasteiger partial charge in [0.15, 0.2) is 0 Å². The highest BCUT2D eigenvalue weighted by Crippen LogP contribution is 2.31. The molecule has 1 aliphatic heterocycles. The minimum Gasteiger partial charge on any atom is -0.397 e. The van der Waals surface area contributed by atoms with E-state index in [1.807, 2.05) is 35.7 Å². The highest BCUT2D eigenvalue weighted by molar-refractivity contribution is 7.13. The van der Waals surface area contributed by atoms with Crippen LogP contribution >= 0.6 is 11.3 Å². The maximum Gasteiger partial charge on any atom is 0.321 e. The van der Waals surface area contributed by atoms with Crippen LogP contribution in [0, 0.1) is 5.92 Å². The Morgan fingerprint density at radius 2 is 2.12 bits per heavy atom. The van der Waals surface area contributed by atoms with Gasteiger partial charge in [-0.15, -0.1) is 11.3 Å². The van der Waals surface area contributed by atoms with Crippen molar-refractivity contribution in [3.8, 4) is 10.4 Å². The number of amides is 2. The Kier molecular flexibility index (Phi) is 4.85. The number of rotatable bonds is 5. The lowest BCUT2D eigenvalue weighted by Crippen LogP contribution is -2.51. The predicted octanol–water partition coefficient (Wildman–Crippen LogP) is 3.83. The van der Waals surface area contributed by atoms with Crippen molar-refractivity contribution in [2.24, 2.45) is 5.92 Å². The average Bonchev–Trinajstić information content (AvgIpc) is 3.01. The molecule has 2 aromatic rings. The number of benzene rings is 1. The van der Waals surface area contributed by atoms with E-state index < -0.39 is 0 Å². The number of likely N-dealkylation sites (tertiary alicyclic amines) is 1. The average molecular weight is 343 g/mol. The summed E-state index contributed by atoms with van der Waals surface area (Å²) < 4.78 is 0. The zero-order valence-corrected chi connectivity index (χ0v) is 14.4. The first-order valence-electron chi connectivity index (χ1n) is 8.01. The first-order valence-corrected chi connectivity index (χ1v) is 8.89. The van der Waals surface area contributed by atoms with Crippen LogP contribution in [0.15, 0.2) is 35.7 Å². The first kappa shape index (κ1) is 16.5. The van der Waals surface area contributed by atoms with Crippen LogP contribution < -0.4 is 11.1 Å². The van der Waals surface area contributed by atoms with E-state index >= 15 is 0 Å². The maximum absolute atomic E-state index is 12.3. The summed E-state index contributed by atoms with van der Waals surface area (Å²) in [7, 11) is 0. The molecule has 0 atom stereocenters. The molecule has 24 heavy (non-hydrogen) atoms. The molecule has 1 aromatic carbocycles. The Morgan fingerprint density at radius 1 is 1.33 bits per heavy atom. The molecule has 0 bridgehead atoms. The highest BCUT2D eigenvalue weighted by atomic mass is 32.1. The molecule has 3 N–H and O–H groups in total. The molecule has 0 unspecified atom stereocenters. The molecule has 0 spiro atoms. The lowest BCUT2D eigenvalue weighted by Gasteiger charge is -2.39. The number of urea groups is 1. The van der Waals surface area contributed by atoms with Crippen molar-refractivity contribution >= 4 is 34.5 Å². The number of nitrogens with zero attached hydrogens (tertiary/aromatic N) is 1. The van der Waals surface area contributed by atoms with E-state index in [9.17, 15) is 9.59 Å². The van der Waals surface area contributed by atoms with Crippen LogP contribution in [0.3, 0.4) is 0 Å². The summed E-state index contributed by atoms with van der Waals surface area (Å²) in [6, 6.07) is 9.58. The van der Waals surface area contributed by atoms with Crippen molar-refractivity contribution in [2.75, 3.05) is 24.1 Å². The molecule has 1 aromatic heterocycles. The third-order valence-electron chi connectivity index (χ3n) is 4.25. The van der Waals surface area contributed by atoms with Gasteiger partial charge in [0, 0.05) is 24.4 Å². The van der Waals surface area contributed by atoms with Crippen LogP contribution in [0.5, 0.6) is 0 Å². The number of carbonyl (C=O) groups is 2. The van der Waals surface area contributed by atoms with Gasteiger partial charge in [0.1, 0.15) is 5.78 Å². The molecule has 0 radical (unpaired) electrons. The number of Topliss-reactive ketones (excluding diaryl/α,β-unsaturated/α-hetero) is 1. The summed E-state index contributed by atoms with van der Waals surface area (Å²) in [5.41, 5.74) is 8.22. The highest BCUT2D eigenvalue weighted by Gasteiger charge is 2.30. The van der Waals surface area contributed by atoms with Crippen molar-refractivity contribution in [1.29, 1.82) is 0 Å². The van der Waals surface area contributed by atoms with Crippen LogP contribution in [0.4, 0.5) is 16.2 Å². The summed E-state index contributed by atoms with van der Waals surface area (Å²) in [4.78, 5) is 26.2. The standard InChI is InChI=1S/C18H21N3O2S/c1-12(22)4-5-13-10-21(11-13)18(23)20-16-9-14(6-7-15(16)19)17-3-2-8-24-17/h2-3,6-9,13H,4-5,10-11,19H2,1H3,(H,20,23). The lowest BCUT2D eigenvalue weighted by atomic mass is 9.94. The van der Waals surface area contributed by atoms with Crippen LogP contribution in [-0.2, 0) is 4.79 Å². The third kappa shape index (κ3) is 3.76. The number of ketones is 1. The summed E-state index contributed by atoms with van der Waals surface area (Å²) in [6.07, 6.45) is 1.45. The van der Waals surface area contributed by atoms with Crippen molar-refractivity contribution in [3.63, 3.8) is 0 Å². The van der Waals surface area contributed by atoms with Gasteiger partial charge in [0.2, 0.25) is 0 Å². The molecular weight excluding hydrogens is 322 g/mol. The smallest absolute Gasteiger partial charge is 0.321 e. The van der Waals surface area contributed by atoms with E-state index in [-0.39, 0.29) is 11.8 Å². The van der Waals surface area contributed by atoms with E-state index in [0.29, 0.717) is 36.8 Å². The summed E-state index contributed by atoms with van der Waals surface area (Å²) in [5, 5.41) is 4.92. The molecule has 0 saturated carbocycles. The van der Waals surface area contributed by atoms with E-state index in [1.54, 1.807) is 23.2 Å². The Hall–Kier alpha value is -2.34. The third-order valence-corrected chi connectivity index (χ3v) is 5.17. The Morgan fingerprint density at radius 3 is 2.79 bits per heavy atom. The number of thiophene rings is 1. The second kappa shape index (κ2) is 7.05. The van der Waals surface area contributed by atoms with Gasteiger partial charge in [-0.3, -0.25) is 0 Å². The number of hydrogen-bond acceptors (Lipinski definition) is 4. The SMILES string of the molecule is CC(=O)CCC1CN(C(=O)Nc2cc(-c3cccs3)ccc2N)C1. The molecule has 1 aliphatic rings. The van der Waals surface area contributed by atoms with Crippen LogP contribution in [0.25, 0.3) is 10.4 Å². The van der Waals surface area contributed by atoms with Gasteiger partial charge in [0.05, 0.1) is 11.4 Å². The first-order chi connectivity index (χ1) is 11.5. The van der Waals surface area contributed by atoms with Crippen molar-refractivity contribution in [2.45, 2.75) is 19.8 Å². The van der Waals surface area contributed by atoms with E-state index in [1.165, 1.54) is 0 Å². The zero-order valence-electron chi connectivity index (χ0n) is 13.6. The zero-order chi connectivity index (χ0) is 17.1. The quantitative estimate of drug-likeness (QED) is 0.810. The minimum atomic E-state index is -0.135. The van der Waals surface area contributed by atoms with Crippen molar-refractivity contribution < 1.29 is 9.59 Å². The molecule has 1 fully saturated rings. The molecule has 2 heterocycles. The molecular formula is C18H21N3O2S. The van der Waals surface area contributed by atoms with Crippen LogP contribution in [-0.4, -0.2) is 29.8 Å². The van der Waals surface area contributed by atoms with E-state index in [2.05, 4.69) is 5.32 Å². The minimum absolute atomic E-state index is 0.135. The van der Waals surface area contributed by atoms with Gasteiger partial charge in [-0.05, 0) is 48.4 Å². The summed E-state index contributed by atoms with van der Waals surface area (Å²) in [6.45, 7) is 3.00. The summed E-state index contributed by atoms with van der Waals surface area (Å²) >= 11 is 1.65. The fourth-order valence-corrected chi connectivity index (χ4v) is 3.50. The number of nitrogen functional groups attached to an aromatic ring is 1. The Balaban J connectivity index is 1.59. The summed E-state index contributed by atoms with van der Waals surface area (Å²) in [5.74, 6) is 0.630. The molecule has 0 aliphatic carbocycles. The number of nitrogens with one attached hydrogen (secondary N) is 1. The molecule has 3 rings (SSSR count). The largest absolute Gasteiger partial charge is 0.397 e. The van der Waals surface area contributed by atoms with Gasteiger partial charge in [0.25, 0.3) is 0 Å². The molecule has 6 heteroatoms. The van der Waals surface area contributed by atoms with Crippen LogP contribution in [0.1, 0.15) is 19.8 Å². The fraction of sp³-hybridized carbons (Fsp3) is 0.333. The maximum atomic E-state index is 12.3. The fourth-order valence-electron chi connectivity index (χ4n) is 2.78. The van der Waals surface area contributed by atoms with Gasteiger partial charge < -0.3 is 20.7 Å². The molecule has 2 amide bonds. The Labute approximate surface area is 145 Å². The second-order valence-electron chi connectivity index (χ2n) is 6.22. The Bertz CT molecular complexity index is 737. The normalized spacial score (nSPS) is 14.3. The van der Waals surface area contributed by atoms with Crippen LogP contribution in [0.2, 0.25) is 0 Å². The number of carbonyl (C=O) groups excluding carboxylic acids is 2. The second-order valence-corrected chi connectivity index (χ2v) is 7.17. The monoisotopic (exact) mass is 343 g/mol. The molecule has 5 nitrogen and oxygen atoms in total. The van der Waals surface area contributed by atoms with Gasteiger partial charge in [-0.2, -0.15) is 0 Å². The molecule has 1 saturated heterocycles. The predicted molar refractivity (Wildman–Crippen MR) is 98.2 cm³/mol. The van der Waals surface area contributed by atoms with Gasteiger partial charge in [-0.25, -0.2) is 4.79 Å². The van der Waals surface area contributed by atoms with Gasteiger partial charge >= 0.3 is 6.03 Å². The number of anilines is 2. The van der Waals surface area contributed by atoms with Crippen molar-refractivity contribution in [1.82, 2.24) is 4.90 Å². The van der Waals surface area contributed by atoms with Gasteiger partial charge in [-0.1, -0.05) is 12.1 Å². The molecule has 126 valence electrons. The number of nitrogens with two attached hydrogens (primary N) is 1. The van der Waals surface area contributed by atoms with Crippen molar-refractivity contribution in [3.05, 3.63) is 35.7 Å². The lowest BCUT2D eigenvalue weighted by molar-refractivity contribution is -0.117. The van der Waals surface area contributed by atoms with E-state index in [0.717, 1.165) is 16.9 Å². The number of hydrogen-bond donors (Lipinski definition) is 2. The van der Waals surface area contributed by atoms with E-state index in [4.69, 9.17) is 5.73 Å².